The van der Waals surface area contributed by atoms with Crippen molar-refractivity contribution < 1.29 is 18.0 Å². The average molecular weight is 437 g/mol. The van der Waals surface area contributed by atoms with Crippen LogP contribution in [-0.4, -0.2) is 26.7 Å². The van der Waals surface area contributed by atoms with Crippen LogP contribution < -0.4 is 9.62 Å². The first-order valence-corrected chi connectivity index (χ1v) is 10.2. The minimum absolute atomic E-state index is 0.0556. The number of carbonyl (C=O) groups excluding carboxylic acids is 2. The molecule has 0 atom stereocenters. The molecule has 1 aliphatic rings. The molecule has 0 saturated heterocycles. The molecule has 8 heteroatoms. The third kappa shape index (κ3) is 3.52. The summed E-state index contributed by atoms with van der Waals surface area (Å²) in [4.78, 5) is 24.7. The van der Waals surface area contributed by atoms with Crippen LogP contribution in [0.25, 0.3) is 0 Å². The Morgan fingerprint density at radius 1 is 1.12 bits per heavy atom. The summed E-state index contributed by atoms with van der Waals surface area (Å²) in [5.41, 5.74) is 2.40. The van der Waals surface area contributed by atoms with E-state index in [4.69, 9.17) is 0 Å². The molecule has 0 fully saturated rings. The number of benzene rings is 2. The van der Waals surface area contributed by atoms with E-state index in [9.17, 15) is 18.0 Å². The summed E-state index contributed by atoms with van der Waals surface area (Å²) in [6.45, 7) is 3.45. The van der Waals surface area contributed by atoms with Crippen LogP contribution in [0, 0.1) is 0 Å². The van der Waals surface area contributed by atoms with Gasteiger partial charge < -0.3 is 4.90 Å². The highest BCUT2D eigenvalue weighted by molar-refractivity contribution is 9.10. The lowest BCUT2D eigenvalue weighted by molar-refractivity contribution is -0.116. The highest BCUT2D eigenvalue weighted by atomic mass is 79.9. The number of Topliss-reactive ketones (excluding diaryl/α,β-unsaturated/α-hetero) is 1. The molecule has 0 bridgehead atoms. The summed E-state index contributed by atoms with van der Waals surface area (Å²) < 4.78 is 28.6. The minimum Gasteiger partial charge on any atom is -0.312 e. The smallest absolute Gasteiger partial charge is 0.263 e. The van der Waals surface area contributed by atoms with E-state index in [-0.39, 0.29) is 16.6 Å². The summed E-state index contributed by atoms with van der Waals surface area (Å²) in [6.07, 6.45) is 0.688. The van der Waals surface area contributed by atoms with E-state index >= 15 is 0 Å². The van der Waals surface area contributed by atoms with E-state index in [2.05, 4.69) is 20.7 Å². The average Bonchev–Trinajstić information content (AvgIpc) is 2.97. The van der Waals surface area contributed by atoms with Crippen molar-refractivity contribution in [2.24, 2.45) is 0 Å². The van der Waals surface area contributed by atoms with Crippen molar-refractivity contribution in [2.45, 2.75) is 25.2 Å². The molecular weight excluding hydrogens is 420 g/mol. The number of rotatable bonds is 4. The second-order valence-electron chi connectivity index (χ2n) is 6.07. The minimum atomic E-state index is -3.87. The van der Waals surface area contributed by atoms with Gasteiger partial charge in [0.2, 0.25) is 5.91 Å². The topological polar surface area (TPSA) is 83.6 Å². The first kappa shape index (κ1) is 18.6. The zero-order valence-electron chi connectivity index (χ0n) is 14.2. The Morgan fingerprint density at radius 3 is 2.35 bits per heavy atom. The molecule has 2 aromatic carbocycles. The van der Waals surface area contributed by atoms with Gasteiger partial charge in [-0.25, -0.2) is 8.42 Å². The molecule has 0 radical (unpaired) electrons. The van der Waals surface area contributed by atoms with Crippen LogP contribution in [0.1, 0.15) is 29.8 Å². The summed E-state index contributed by atoms with van der Waals surface area (Å²) in [5.74, 6) is -0.215. The maximum absolute atomic E-state index is 12.8. The number of halogens is 1. The SMILES string of the molecule is CC(=O)c1ccc(NS(=O)(=O)c2cc3c(cc2Br)CCN3C(C)=O)cc1. The van der Waals surface area contributed by atoms with E-state index in [0.29, 0.717) is 34.4 Å². The second-order valence-corrected chi connectivity index (χ2v) is 8.58. The van der Waals surface area contributed by atoms with Gasteiger partial charge in [-0.05, 0) is 71.2 Å². The molecule has 0 aromatic heterocycles. The number of anilines is 2. The Morgan fingerprint density at radius 2 is 1.77 bits per heavy atom. The molecule has 0 saturated carbocycles. The van der Waals surface area contributed by atoms with E-state index in [0.717, 1.165) is 5.56 Å². The molecule has 1 N–H and O–H groups in total. The molecule has 0 unspecified atom stereocenters. The van der Waals surface area contributed by atoms with Gasteiger partial charge in [0.1, 0.15) is 4.90 Å². The Balaban J connectivity index is 1.96. The lowest BCUT2D eigenvalue weighted by atomic mass is 10.1. The lowest BCUT2D eigenvalue weighted by Gasteiger charge is -2.17. The maximum atomic E-state index is 12.8. The van der Waals surface area contributed by atoms with Crippen LogP contribution in [-0.2, 0) is 21.2 Å². The number of sulfonamides is 1. The van der Waals surface area contributed by atoms with E-state index in [1.807, 2.05) is 0 Å². The van der Waals surface area contributed by atoms with Gasteiger partial charge in [-0.1, -0.05) is 0 Å². The lowest BCUT2D eigenvalue weighted by Crippen LogP contribution is -2.26. The number of nitrogens with zero attached hydrogens (tertiary/aromatic N) is 1. The van der Waals surface area contributed by atoms with Crippen LogP contribution in [0.2, 0.25) is 0 Å². The zero-order chi connectivity index (χ0) is 19.1. The molecule has 1 amide bonds. The summed E-state index contributed by atoms with van der Waals surface area (Å²) in [6, 6.07) is 9.46. The van der Waals surface area contributed by atoms with Gasteiger partial charge in [0, 0.05) is 34.9 Å². The number of amides is 1. The fraction of sp³-hybridized carbons (Fsp3) is 0.222. The highest BCUT2D eigenvalue weighted by Gasteiger charge is 2.27. The third-order valence-electron chi connectivity index (χ3n) is 4.24. The molecule has 136 valence electrons. The molecule has 3 rings (SSSR count). The van der Waals surface area contributed by atoms with Crippen molar-refractivity contribution >= 4 is 49.0 Å². The normalized spacial score (nSPS) is 13.4. The second kappa shape index (κ2) is 6.85. The van der Waals surface area contributed by atoms with Gasteiger partial charge in [0.25, 0.3) is 10.0 Å². The number of nitrogens with one attached hydrogen (secondary N) is 1. The summed E-state index contributed by atoms with van der Waals surface area (Å²) >= 11 is 3.32. The van der Waals surface area contributed by atoms with Crippen molar-refractivity contribution in [3.05, 3.63) is 52.0 Å². The quantitative estimate of drug-likeness (QED) is 0.744. The number of fused-ring (bicyclic) bond motifs is 1. The van der Waals surface area contributed by atoms with E-state index < -0.39 is 10.0 Å². The van der Waals surface area contributed by atoms with Crippen molar-refractivity contribution in [3.8, 4) is 0 Å². The standard InChI is InChI=1S/C18H17BrN2O4S/c1-11(22)13-3-5-15(6-4-13)20-26(24,25)18-10-17-14(9-16(18)19)7-8-21(17)12(2)23/h3-6,9-10,20H,7-8H2,1-2H3. The Labute approximate surface area is 160 Å². The van der Waals surface area contributed by atoms with Gasteiger partial charge in [-0.15, -0.1) is 0 Å². The number of hydrogen-bond donors (Lipinski definition) is 1. The Kier molecular flexibility index (Phi) is 4.90. The molecule has 2 aromatic rings. The van der Waals surface area contributed by atoms with Gasteiger partial charge in [-0.2, -0.15) is 0 Å². The van der Waals surface area contributed by atoms with Crippen molar-refractivity contribution in [1.82, 2.24) is 0 Å². The van der Waals surface area contributed by atoms with Crippen LogP contribution in [0.4, 0.5) is 11.4 Å². The fourth-order valence-corrected chi connectivity index (χ4v) is 5.07. The highest BCUT2D eigenvalue weighted by Crippen LogP contribution is 2.36. The van der Waals surface area contributed by atoms with Crippen molar-refractivity contribution in [2.75, 3.05) is 16.2 Å². The first-order valence-electron chi connectivity index (χ1n) is 7.93. The fourth-order valence-electron chi connectivity index (χ4n) is 2.90. The zero-order valence-corrected chi connectivity index (χ0v) is 16.6. The monoisotopic (exact) mass is 436 g/mol. The molecule has 0 aliphatic carbocycles. The maximum Gasteiger partial charge on any atom is 0.263 e. The predicted octanol–water partition coefficient (Wildman–Crippen LogP) is 3.36. The van der Waals surface area contributed by atoms with Gasteiger partial charge in [0.15, 0.2) is 5.78 Å². The molecule has 6 nitrogen and oxygen atoms in total. The van der Waals surface area contributed by atoms with Crippen LogP contribution in [0.5, 0.6) is 0 Å². The molecule has 1 heterocycles. The van der Waals surface area contributed by atoms with Crippen LogP contribution in [0.3, 0.4) is 0 Å². The third-order valence-corrected chi connectivity index (χ3v) is 6.58. The van der Waals surface area contributed by atoms with Crippen LogP contribution >= 0.6 is 15.9 Å². The first-order chi connectivity index (χ1) is 12.2. The van der Waals surface area contributed by atoms with Crippen molar-refractivity contribution in [3.63, 3.8) is 0 Å². The Bertz CT molecular complexity index is 1000. The Hall–Kier alpha value is -2.19. The van der Waals surface area contributed by atoms with E-state index in [1.54, 1.807) is 23.1 Å². The number of carbonyl (C=O) groups is 2. The molecule has 26 heavy (non-hydrogen) atoms. The van der Waals surface area contributed by atoms with E-state index in [1.165, 1.54) is 32.0 Å². The predicted molar refractivity (Wildman–Crippen MR) is 103 cm³/mol. The van der Waals surface area contributed by atoms with Crippen molar-refractivity contribution in [1.29, 1.82) is 0 Å². The molecular formula is C18H17BrN2O4S. The van der Waals surface area contributed by atoms with Gasteiger partial charge >= 0.3 is 0 Å². The van der Waals surface area contributed by atoms with Gasteiger partial charge in [0.05, 0.1) is 0 Å². The largest absolute Gasteiger partial charge is 0.312 e. The summed E-state index contributed by atoms with van der Waals surface area (Å²) in [7, 11) is -3.87. The number of hydrogen-bond acceptors (Lipinski definition) is 4. The van der Waals surface area contributed by atoms with Crippen LogP contribution in [0.15, 0.2) is 45.8 Å². The van der Waals surface area contributed by atoms with Gasteiger partial charge in [-0.3, -0.25) is 14.3 Å². The number of ketones is 1. The molecule has 0 spiro atoms. The molecule has 1 aliphatic heterocycles. The summed E-state index contributed by atoms with van der Waals surface area (Å²) in [5, 5.41) is 0.